The van der Waals surface area contributed by atoms with Crippen LogP contribution in [0.3, 0.4) is 0 Å². The highest BCUT2D eigenvalue weighted by Crippen LogP contribution is 2.31. The molecule has 1 aliphatic heterocycles. The van der Waals surface area contributed by atoms with Crippen LogP contribution in [-0.4, -0.2) is 22.6 Å². The van der Waals surface area contributed by atoms with Crippen LogP contribution in [0.5, 0.6) is 0 Å². The van der Waals surface area contributed by atoms with E-state index in [1.54, 1.807) is 0 Å². The van der Waals surface area contributed by atoms with E-state index in [0.717, 1.165) is 19.6 Å². The van der Waals surface area contributed by atoms with Gasteiger partial charge in [0.2, 0.25) is 6.29 Å². The summed E-state index contributed by atoms with van der Waals surface area (Å²) < 4.78 is 0.455. The standard InChI is InChI=1S/C18H22NO2/c1-15-12-19(21-18(15)20,13-16-8-4-2-5-9-16)14-17-10-6-3-7-11-17/h2-11,15,18,20H,12-14H2,1H3/q+1/t15-,18+/m1/s1. The highest BCUT2D eigenvalue weighted by Gasteiger charge is 2.45. The zero-order valence-corrected chi connectivity index (χ0v) is 12.4. The minimum atomic E-state index is -0.683. The van der Waals surface area contributed by atoms with Crippen molar-refractivity contribution in [2.45, 2.75) is 26.3 Å². The van der Waals surface area contributed by atoms with Gasteiger partial charge in [-0.25, -0.2) is 0 Å². The fraction of sp³-hybridized carbons (Fsp3) is 0.333. The van der Waals surface area contributed by atoms with E-state index in [2.05, 4.69) is 24.3 Å². The molecule has 0 bridgehead atoms. The molecule has 2 atom stereocenters. The molecule has 1 aliphatic rings. The quantitative estimate of drug-likeness (QED) is 0.874. The van der Waals surface area contributed by atoms with Crippen LogP contribution in [0.15, 0.2) is 60.7 Å². The van der Waals surface area contributed by atoms with E-state index in [1.165, 1.54) is 11.1 Å². The highest BCUT2D eigenvalue weighted by atomic mass is 16.8. The molecular formula is C18H22NO2+. The molecule has 0 aromatic heterocycles. The highest BCUT2D eigenvalue weighted by molar-refractivity contribution is 5.15. The Morgan fingerprint density at radius 3 is 1.81 bits per heavy atom. The third-order valence-electron chi connectivity index (χ3n) is 4.07. The van der Waals surface area contributed by atoms with Crippen molar-refractivity contribution in [2.75, 3.05) is 6.54 Å². The first-order valence-corrected chi connectivity index (χ1v) is 7.47. The van der Waals surface area contributed by atoms with Crippen molar-refractivity contribution in [3.8, 4) is 0 Å². The average Bonchev–Trinajstić information content (AvgIpc) is 2.75. The summed E-state index contributed by atoms with van der Waals surface area (Å²) >= 11 is 0. The molecule has 21 heavy (non-hydrogen) atoms. The van der Waals surface area contributed by atoms with Gasteiger partial charge in [0.25, 0.3) is 0 Å². The average molecular weight is 284 g/mol. The summed E-state index contributed by atoms with van der Waals surface area (Å²) in [5.41, 5.74) is 2.46. The van der Waals surface area contributed by atoms with Crippen LogP contribution in [-0.2, 0) is 17.9 Å². The number of nitrogens with zero attached hydrogens (tertiary/aromatic N) is 1. The van der Waals surface area contributed by atoms with Gasteiger partial charge in [0, 0.05) is 11.1 Å². The Morgan fingerprint density at radius 2 is 1.43 bits per heavy atom. The Labute approximate surface area is 126 Å². The van der Waals surface area contributed by atoms with Crippen LogP contribution in [0.25, 0.3) is 0 Å². The summed E-state index contributed by atoms with van der Waals surface area (Å²) in [6.07, 6.45) is -0.683. The molecule has 1 N–H and O–H groups in total. The van der Waals surface area contributed by atoms with Crippen molar-refractivity contribution in [2.24, 2.45) is 5.92 Å². The van der Waals surface area contributed by atoms with E-state index in [0.29, 0.717) is 4.65 Å². The van der Waals surface area contributed by atoms with Crippen molar-refractivity contribution >= 4 is 0 Å². The lowest BCUT2D eigenvalue weighted by Crippen LogP contribution is -2.43. The number of hydrogen-bond donors (Lipinski definition) is 1. The van der Waals surface area contributed by atoms with Gasteiger partial charge in [-0.05, 0) is 0 Å². The number of aliphatic hydroxyl groups excluding tert-OH is 1. The van der Waals surface area contributed by atoms with Crippen LogP contribution in [0.4, 0.5) is 0 Å². The van der Waals surface area contributed by atoms with E-state index in [-0.39, 0.29) is 5.92 Å². The molecule has 0 amide bonds. The van der Waals surface area contributed by atoms with E-state index in [4.69, 9.17) is 4.84 Å². The largest absolute Gasteiger partial charge is 0.363 e. The lowest BCUT2D eigenvalue weighted by atomic mass is 10.1. The van der Waals surface area contributed by atoms with Crippen LogP contribution in [0.1, 0.15) is 18.1 Å². The molecule has 0 saturated carbocycles. The van der Waals surface area contributed by atoms with Crippen LogP contribution in [0.2, 0.25) is 0 Å². The smallest absolute Gasteiger partial charge is 0.221 e. The first-order valence-electron chi connectivity index (χ1n) is 7.47. The van der Waals surface area contributed by atoms with Crippen molar-refractivity contribution in [3.63, 3.8) is 0 Å². The lowest BCUT2D eigenvalue weighted by Gasteiger charge is -2.31. The Balaban J connectivity index is 1.85. The van der Waals surface area contributed by atoms with Crippen molar-refractivity contribution in [3.05, 3.63) is 71.8 Å². The molecule has 3 rings (SSSR count). The van der Waals surface area contributed by atoms with Gasteiger partial charge >= 0.3 is 0 Å². The summed E-state index contributed by atoms with van der Waals surface area (Å²) in [7, 11) is 0. The van der Waals surface area contributed by atoms with Gasteiger partial charge < -0.3 is 5.11 Å². The van der Waals surface area contributed by atoms with Crippen LogP contribution in [0, 0.1) is 5.92 Å². The molecule has 0 radical (unpaired) electrons. The number of hydrogen-bond acceptors (Lipinski definition) is 2. The van der Waals surface area contributed by atoms with Crippen molar-refractivity contribution < 1.29 is 14.6 Å². The molecule has 1 fully saturated rings. The summed E-state index contributed by atoms with van der Waals surface area (Å²) in [5.74, 6) is 0.150. The minimum Gasteiger partial charge on any atom is -0.363 e. The van der Waals surface area contributed by atoms with E-state index < -0.39 is 6.29 Å². The van der Waals surface area contributed by atoms with Crippen molar-refractivity contribution in [1.82, 2.24) is 0 Å². The van der Waals surface area contributed by atoms with Gasteiger partial charge in [-0.2, -0.15) is 9.48 Å². The molecule has 0 unspecified atom stereocenters. The molecule has 2 aromatic carbocycles. The SMILES string of the molecule is C[C@@H]1C[N+](Cc2ccccc2)(Cc2ccccc2)O[C@@H]1O. The number of benzene rings is 2. The second kappa shape index (κ2) is 5.98. The fourth-order valence-electron chi connectivity index (χ4n) is 3.08. The predicted molar refractivity (Wildman–Crippen MR) is 81.7 cm³/mol. The molecule has 0 spiro atoms. The topological polar surface area (TPSA) is 29.5 Å². The first kappa shape index (κ1) is 14.3. The van der Waals surface area contributed by atoms with E-state index in [1.807, 2.05) is 43.3 Å². The Bertz CT molecular complexity index is 517. The van der Waals surface area contributed by atoms with Crippen LogP contribution >= 0.6 is 0 Å². The van der Waals surface area contributed by atoms with Crippen LogP contribution < -0.4 is 0 Å². The third kappa shape index (κ3) is 3.32. The number of hydroxylamine groups is 3. The van der Waals surface area contributed by atoms with Gasteiger partial charge in [-0.1, -0.05) is 67.6 Å². The Morgan fingerprint density at radius 1 is 0.952 bits per heavy atom. The summed E-state index contributed by atoms with van der Waals surface area (Å²) in [4.78, 5) is 5.96. The summed E-state index contributed by atoms with van der Waals surface area (Å²) in [5, 5.41) is 10.1. The monoisotopic (exact) mass is 284 g/mol. The van der Waals surface area contributed by atoms with Gasteiger partial charge in [0.15, 0.2) is 0 Å². The Kier molecular flexibility index (Phi) is 4.06. The zero-order chi connectivity index (χ0) is 14.7. The van der Waals surface area contributed by atoms with Gasteiger partial charge in [0.1, 0.15) is 19.6 Å². The maximum atomic E-state index is 10.1. The summed E-state index contributed by atoms with van der Waals surface area (Å²) in [6, 6.07) is 20.7. The Hall–Kier alpha value is -1.68. The van der Waals surface area contributed by atoms with E-state index in [9.17, 15) is 5.11 Å². The molecule has 3 nitrogen and oxygen atoms in total. The van der Waals surface area contributed by atoms with Gasteiger partial charge in [0.05, 0.1) is 5.92 Å². The predicted octanol–water partition coefficient (Wildman–Crippen LogP) is 3.10. The molecule has 1 saturated heterocycles. The minimum absolute atomic E-state index is 0.150. The number of rotatable bonds is 4. The first-order chi connectivity index (χ1) is 10.2. The van der Waals surface area contributed by atoms with Gasteiger partial charge in [-0.15, -0.1) is 0 Å². The maximum absolute atomic E-state index is 10.1. The van der Waals surface area contributed by atoms with Gasteiger partial charge in [-0.3, -0.25) is 0 Å². The number of aliphatic hydroxyl groups is 1. The molecule has 0 aliphatic carbocycles. The zero-order valence-electron chi connectivity index (χ0n) is 12.4. The molecular weight excluding hydrogens is 262 g/mol. The molecule has 110 valence electrons. The maximum Gasteiger partial charge on any atom is 0.221 e. The second-order valence-electron chi connectivity index (χ2n) is 6.00. The second-order valence-corrected chi connectivity index (χ2v) is 6.00. The number of quaternary nitrogens is 1. The molecule has 2 aromatic rings. The fourth-order valence-corrected chi connectivity index (χ4v) is 3.08. The van der Waals surface area contributed by atoms with E-state index >= 15 is 0 Å². The lowest BCUT2D eigenvalue weighted by molar-refractivity contribution is -1.12. The van der Waals surface area contributed by atoms with Crippen molar-refractivity contribution in [1.29, 1.82) is 0 Å². The molecule has 3 heteroatoms. The summed E-state index contributed by atoms with van der Waals surface area (Å²) in [6.45, 7) is 4.42. The molecule has 1 heterocycles. The normalized spacial score (nSPS) is 24.1. The third-order valence-corrected chi connectivity index (χ3v) is 4.07.